The molecule has 1 rings (SSSR count). The summed E-state index contributed by atoms with van der Waals surface area (Å²) in [4.78, 5) is 0. The van der Waals surface area contributed by atoms with Gasteiger partial charge in [0.25, 0.3) is 0 Å². The van der Waals surface area contributed by atoms with Crippen LogP contribution in [-0.4, -0.2) is 6.54 Å². The van der Waals surface area contributed by atoms with Crippen molar-refractivity contribution in [2.24, 2.45) is 0 Å². The van der Waals surface area contributed by atoms with E-state index in [2.05, 4.69) is 5.32 Å². The van der Waals surface area contributed by atoms with Crippen molar-refractivity contribution in [1.82, 2.24) is 5.32 Å². The van der Waals surface area contributed by atoms with E-state index >= 15 is 0 Å². The molecule has 2 nitrogen and oxygen atoms in total. The Morgan fingerprint density at radius 1 is 1.50 bits per heavy atom. The van der Waals surface area contributed by atoms with Gasteiger partial charge in [-0.25, -0.2) is 0 Å². The zero-order valence-corrected chi connectivity index (χ0v) is 8.67. The quantitative estimate of drug-likeness (QED) is 0.772. The van der Waals surface area contributed by atoms with Crippen molar-refractivity contribution >= 4 is 17.3 Å². The molecule has 0 amide bonds. The van der Waals surface area contributed by atoms with Crippen molar-refractivity contribution in [3.05, 3.63) is 40.9 Å². The fraction of sp³-hybridized carbons (Fsp3) is 0.182. The normalized spacial score (nSPS) is 10.8. The van der Waals surface area contributed by atoms with Crippen molar-refractivity contribution in [1.29, 1.82) is 5.26 Å². The number of nitriles is 1. The van der Waals surface area contributed by atoms with Crippen LogP contribution in [0.25, 0.3) is 5.70 Å². The summed E-state index contributed by atoms with van der Waals surface area (Å²) in [7, 11) is 0. The maximum Gasteiger partial charge on any atom is 0.0933 e. The van der Waals surface area contributed by atoms with Crippen molar-refractivity contribution in [3.63, 3.8) is 0 Å². The number of hydrogen-bond donors (Lipinski definition) is 1. The van der Waals surface area contributed by atoms with E-state index in [4.69, 9.17) is 16.9 Å². The Balaban J connectivity index is 2.95. The predicted octanol–water partition coefficient (Wildman–Crippen LogP) is 2.81. The van der Waals surface area contributed by atoms with Gasteiger partial charge in [-0.2, -0.15) is 5.26 Å². The summed E-state index contributed by atoms with van der Waals surface area (Å²) in [6.07, 6.45) is 1.49. The van der Waals surface area contributed by atoms with Gasteiger partial charge in [-0.05, 0) is 24.6 Å². The van der Waals surface area contributed by atoms with Gasteiger partial charge in [0.15, 0.2) is 0 Å². The second-order valence-electron chi connectivity index (χ2n) is 2.72. The Morgan fingerprint density at radius 2 is 2.14 bits per heavy atom. The molecule has 72 valence electrons. The lowest BCUT2D eigenvalue weighted by Gasteiger charge is -2.07. The van der Waals surface area contributed by atoms with Gasteiger partial charge in [-0.15, -0.1) is 0 Å². The number of hydrogen-bond acceptors (Lipinski definition) is 2. The van der Waals surface area contributed by atoms with Crippen LogP contribution in [0.5, 0.6) is 0 Å². The summed E-state index contributed by atoms with van der Waals surface area (Å²) in [5.41, 5.74) is 1.80. The van der Waals surface area contributed by atoms with Gasteiger partial charge in [0.1, 0.15) is 0 Å². The molecule has 0 saturated heterocycles. The van der Waals surface area contributed by atoms with Crippen LogP contribution in [0.2, 0.25) is 5.02 Å². The van der Waals surface area contributed by atoms with Crippen molar-refractivity contribution < 1.29 is 0 Å². The molecule has 14 heavy (non-hydrogen) atoms. The lowest BCUT2D eigenvalue weighted by atomic mass is 10.1. The topological polar surface area (TPSA) is 35.8 Å². The van der Waals surface area contributed by atoms with Crippen LogP contribution in [0, 0.1) is 11.3 Å². The van der Waals surface area contributed by atoms with Gasteiger partial charge in [-0.1, -0.05) is 23.7 Å². The number of allylic oxidation sites excluding steroid dienone is 1. The Morgan fingerprint density at radius 3 is 2.64 bits per heavy atom. The lowest BCUT2D eigenvalue weighted by molar-refractivity contribution is 0.940. The molecule has 0 unspecified atom stereocenters. The standard InChI is InChI=1S/C11H11ClN2/c1-2-14-11(7-8-13)9-3-5-10(12)6-4-9/h3-7,14H,2H2,1H3. The number of nitrogens with zero attached hydrogens (tertiary/aromatic N) is 1. The highest BCUT2D eigenvalue weighted by molar-refractivity contribution is 6.30. The highest BCUT2D eigenvalue weighted by atomic mass is 35.5. The Kier molecular flexibility index (Phi) is 4.03. The molecular weight excluding hydrogens is 196 g/mol. The zero-order valence-electron chi connectivity index (χ0n) is 7.92. The molecule has 1 aromatic rings. The van der Waals surface area contributed by atoms with Crippen LogP contribution < -0.4 is 5.32 Å². The highest BCUT2D eigenvalue weighted by Gasteiger charge is 1.98. The van der Waals surface area contributed by atoms with Crippen LogP contribution in [0.15, 0.2) is 30.3 Å². The molecule has 0 atom stereocenters. The van der Waals surface area contributed by atoms with Gasteiger partial charge in [0, 0.05) is 17.6 Å². The van der Waals surface area contributed by atoms with Crippen LogP contribution >= 0.6 is 11.6 Å². The average molecular weight is 207 g/mol. The minimum absolute atomic E-state index is 0.696. The summed E-state index contributed by atoms with van der Waals surface area (Å²) in [6, 6.07) is 9.38. The molecule has 1 N–H and O–H groups in total. The summed E-state index contributed by atoms with van der Waals surface area (Å²) >= 11 is 5.77. The molecule has 0 aliphatic heterocycles. The first kappa shape index (κ1) is 10.6. The molecule has 0 aliphatic rings. The van der Waals surface area contributed by atoms with E-state index in [9.17, 15) is 0 Å². The molecular formula is C11H11ClN2. The van der Waals surface area contributed by atoms with Gasteiger partial charge in [-0.3, -0.25) is 0 Å². The minimum Gasteiger partial charge on any atom is -0.384 e. The fourth-order valence-corrected chi connectivity index (χ4v) is 1.25. The summed E-state index contributed by atoms with van der Waals surface area (Å²) < 4.78 is 0. The number of benzene rings is 1. The van der Waals surface area contributed by atoms with E-state index in [1.807, 2.05) is 25.1 Å². The Hall–Kier alpha value is -1.46. The van der Waals surface area contributed by atoms with Crippen LogP contribution in [0.1, 0.15) is 12.5 Å². The second-order valence-corrected chi connectivity index (χ2v) is 3.16. The molecule has 1 aromatic carbocycles. The maximum absolute atomic E-state index is 8.59. The molecule has 0 saturated carbocycles. The first-order valence-electron chi connectivity index (χ1n) is 4.37. The predicted molar refractivity (Wildman–Crippen MR) is 58.7 cm³/mol. The van der Waals surface area contributed by atoms with E-state index in [-0.39, 0.29) is 0 Å². The SMILES string of the molecule is CCNC(=CC#N)c1ccc(Cl)cc1. The van der Waals surface area contributed by atoms with E-state index < -0.39 is 0 Å². The largest absolute Gasteiger partial charge is 0.384 e. The third kappa shape index (κ3) is 2.79. The molecule has 0 fully saturated rings. The molecule has 0 spiro atoms. The van der Waals surface area contributed by atoms with E-state index in [0.29, 0.717) is 5.02 Å². The van der Waals surface area contributed by atoms with Crippen LogP contribution in [0.4, 0.5) is 0 Å². The first-order valence-corrected chi connectivity index (χ1v) is 4.75. The van der Waals surface area contributed by atoms with E-state index in [1.165, 1.54) is 6.08 Å². The molecule has 0 aromatic heterocycles. The summed E-state index contributed by atoms with van der Waals surface area (Å²) in [6.45, 7) is 2.78. The zero-order chi connectivity index (χ0) is 10.4. The monoisotopic (exact) mass is 206 g/mol. The third-order valence-electron chi connectivity index (χ3n) is 1.73. The molecule has 0 heterocycles. The van der Waals surface area contributed by atoms with Gasteiger partial charge < -0.3 is 5.32 Å². The highest BCUT2D eigenvalue weighted by Crippen LogP contribution is 2.15. The van der Waals surface area contributed by atoms with E-state index in [1.54, 1.807) is 12.1 Å². The van der Waals surface area contributed by atoms with Crippen LogP contribution in [-0.2, 0) is 0 Å². The van der Waals surface area contributed by atoms with Gasteiger partial charge in [0.2, 0.25) is 0 Å². The van der Waals surface area contributed by atoms with Crippen molar-refractivity contribution in [2.45, 2.75) is 6.92 Å². The number of halogens is 1. The minimum atomic E-state index is 0.696. The molecule has 3 heteroatoms. The smallest absolute Gasteiger partial charge is 0.0933 e. The first-order chi connectivity index (χ1) is 6.77. The third-order valence-corrected chi connectivity index (χ3v) is 1.98. The maximum atomic E-state index is 8.59. The van der Waals surface area contributed by atoms with Crippen molar-refractivity contribution in [2.75, 3.05) is 6.54 Å². The second kappa shape index (κ2) is 5.31. The molecule has 0 radical (unpaired) electrons. The summed E-state index contributed by atoms with van der Waals surface area (Å²) in [5, 5.41) is 12.4. The number of nitrogens with one attached hydrogen (secondary N) is 1. The number of rotatable bonds is 3. The van der Waals surface area contributed by atoms with Crippen LogP contribution in [0.3, 0.4) is 0 Å². The molecule has 0 aliphatic carbocycles. The lowest BCUT2D eigenvalue weighted by Crippen LogP contribution is -2.10. The van der Waals surface area contributed by atoms with Crippen molar-refractivity contribution in [3.8, 4) is 6.07 Å². The average Bonchev–Trinajstić information content (AvgIpc) is 2.19. The summed E-state index contributed by atoms with van der Waals surface area (Å²) in [5.74, 6) is 0. The van der Waals surface area contributed by atoms with Gasteiger partial charge in [0.05, 0.1) is 11.8 Å². The fourth-order valence-electron chi connectivity index (χ4n) is 1.12. The van der Waals surface area contributed by atoms with E-state index in [0.717, 1.165) is 17.8 Å². The Labute approximate surface area is 88.8 Å². The Bertz CT molecular complexity index is 360. The molecule has 0 bridgehead atoms. The van der Waals surface area contributed by atoms with Gasteiger partial charge >= 0.3 is 0 Å².